The fourth-order valence-electron chi connectivity index (χ4n) is 4.62. The molecule has 0 atom stereocenters. The van der Waals surface area contributed by atoms with Crippen LogP contribution in [0.3, 0.4) is 0 Å². The highest BCUT2D eigenvalue weighted by Gasteiger charge is 2.47. The quantitative estimate of drug-likeness (QED) is 0.596. The molecular weight excluding hydrogens is 376 g/mol. The maximum Gasteiger partial charge on any atom is 0.319 e. The lowest BCUT2D eigenvalue weighted by molar-refractivity contribution is -0.317. The van der Waals surface area contributed by atoms with E-state index in [-0.39, 0.29) is 11.4 Å². The molecular formula is C25H40N2O3. The maximum absolute atomic E-state index is 13.0. The van der Waals surface area contributed by atoms with Crippen LogP contribution in [0.2, 0.25) is 0 Å². The first-order chi connectivity index (χ1) is 14.1. The molecule has 30 heavy (non-hydrogen) atoms. The summed E-state index contributed by atoms with van der Waals surface area (Å²) < 4.78 is 12.6. The number of anilines is 1. The van der Waals surface area contributed by atoms with Crippen LogP contribution in [0, 0.1) is 11.3 Å². The van der Waals surface area contributed by atoms with Crippen LogP contribution in [-0.2, 0) is 9.47 Å². The van der Waals surface area contributed by atoms with E-state index in [0.29, 0.717) is 37.5 Å². The van der Waals surface area contributed by atoms with E-state index in [1.807, 2.05) is 0 Å². The number of urea groups is 1. The number of hydrogen-bond donors (Lipinski definition) is 2. The average Bonchev–Trinajstić information content (AvgIpc) is 3.23. The van der Waals surface area contributed by atoms with Gasteiger partial charge in [0.25, 0.3) is 0 Å². The van der Waals surface area contributed by atoms with E-state index >= 15 is 0 Å². The number of carbonyl (C=O) groups excluding carboxylic acids is 1. The summed E-state index contributed by atoms with van der Waals surface area (Å²) in [5.41, 5.74) is 3.26. The molecule has 0 unspecified atom stereocenters. The van der Waals surface area contributed by atoms with Gasteiger partial charge >= 0.3 is 6.03 Å². The zero-order chi connectivity index (χ0) is 21.9. The third-order valence-corrected chi connectivity index (χ3v) is 6.50. The molecule has 1 saturated heterocycles. The van der Waals surface area contributed by atoms with Crippen molar-refractivity contribution in [1.82, 2.24) is 5.32 Å². The lowest BCUT2D eigenvalue weighted by atomic mass is 9.90. The highest BCUT2D eigenvalue weighted by Crippen LogP contribution is 2.41. The zero-order valence-electron chi connectivity index (χ0n) is 19.6. The molecule has 1 aromatic carbocycles. The minimum absolute atomic E-state index is 0.00668. The summed E-state index contributed by atoms with van der Waals surface area (Å²) in [6.07, 6.45) is 4.59. The molecule has 1 saturated carbocycles. The van der Waals surface area contributed by atoms with Gasteiger partial charge in [0.2, 0.25) is 0 Å². The van der Waals surface area contributed by atoms with E-state index in [2.05, 4.69) is 70.4 Å². The Labute approximate surface area is 182 Å². The van der Waals surface area contributed by atoms with Crippen LogP contribution in [0.1, 0.15) is 90.2 Å². The van der Waals surface area contributed by atoms with Crippen LogP contribution in [0.15, 0.2) is 18.2 Å². The Bertz CT molecular complexity index is 700. The molecule has 5 nitrogen and oxygen atoms in total. The zero-order valence-corrected chi connectivity index (χ0v) is 19.6. The Balaban J connectivity index is 1.73. The fourth-order valence-corrected chi connectivity index (χ4v) is 4.62. The first-order valence-electron chi connectivity index (χ1n) is 11.6. The van der Waals surface area contributed by atoms with E-state index in [1.54, 1.807) is 0 Å². The van der Waals surface area contributed by atoms with Gasteiger partial charge in [-0.25, -0.2) is 4.79 Å². The van der Waals surface area contributed by atoms with Gasteiger partial charge < -0.3 is 20.1 Å². The summed E-state index contributed by atoms with van der Waals surface area (Å²) in [4.78, 5) is 13.0. The molecule has 0 spiro atoms. The van der Waals surface area contributed by atoms with Crippen LogP contribution in [0.25, 0.3) is 0 Å². The Morgan fingerprint density at radius 1 is 1.03 bits per heavy atom. The van der Waals surface area contributed by atoms with E-state index in [4.69, 9.17) is 9.47 Å². The van der Waals surface area contributed by atoms with Crippen molar-refractivity contribution in [2.45, 2.75) is 84.8 Å². The predicted octanol–water partition coefficient (Wildman–Crippen LogP) is 6.01. The van der Waals surface area contributed by atoms with Crippen molar-refractivity contribution < 1.29 is 14.3 Å². The summed E-state index contributed by atoms with van der Waals surface area (Å²) in [5.74, 6) is 0.289. The van der Waals surface area contributed by atoms with Crippen molar-refractivity contribution in [2.24, 2.45) is 11.3 Å². The van der Waals surface area contributed by atoms with Gasteiger partial charge in [0, 0.05) is 17.0 Å². The monoisotopic (exact) mass is 416 g/mol. The number of hydrogen-bond acceptors (Lipinski definition) is 3. The standard InChI is InChI=1S/C25H40N2O3/c1-17(2)20-12-9-13-21(18(3)4)22(20)27-23(28)26-14-25(19-10-7-8-11-19)29-15-24(5,6)16-30-25/h9,12-13,17-19H,7-8,10-11,14-16H2,1-6H3,(H2,26,27,28). The Hall–Kier alpha value is -1.59. The summed E-state index contributed by atoms with van der Waals surface area (Å²) >= 11 is 0. The third-order valence-electron chi connectivity index (χ3n) is 6.50. The summed E-state index contributed by atoms with van der Waals surface area (Å²) in [5, 5.41) is 6.22. The van der Waals surface area contributed by atoms with Gasteiger partial charge in [0.05, 0.1) is 19.8 Å². The molecule has 2 aliphatic rings. The van der Waals surface area contributed by atoms with Gasteiger partial charge in [-0.1, -0.05) is 72.6 Å². The van der Waals surface area contributed by atoms with E-state index in [0.717, 1.165) is 29.7 Å². The molecule has 2 N–H and O–H groups in total. The minimum Gasteiger partial charge on any atom is -0.347 e. The number of ether oxygens (including phenoxy) is 2. The van der Waals surface area contributed by atoms with Crippen LogP contribution >= 0.6 is 0 Å². The van der Waals surface area contributed by atoms with Crippen LogP contribution in [0.5, 0.6) is 0 Å². The number of benzene rings is 1. The van der Waals surface area contributed by atoms with E-state index in [9.17, 15) is 4.79 Å². The highest BCUT2D eigenvalue weighted by molar-refractivity contribution is 5.91. The second-order valence-corrected chi connectivity index (χ2v) is 10.5. The average molecular weight is 417 g/mol. The lowest BCUT2D eigenvalue weighted by Gasteiger charge is -2.46. The van der Waals surface area contributed by atoms with Crippen molar-refractivity contribution >= 4 is 11.7 Å². The Morgan fingerprint density at radius 3 is 2.07 bits per heavy atom. The minimum atomic E-state index is -0.707. The van der Waals surface area contributed by atoms with Crippen LogP contribution < -0.4 is 10.6 Å². The fraction of sp³-hybridized carbons (Fsp3) is 0.720. The second kappa shape index (κ2) is 9.27. The number of para-hydroxylation sites is 1. The predicted molar refractivity (Wildman–Crippen MR) is 122 cm³/mol. The van der Waals surface area contributed by atoms with Gasteiger partial charge in [-0.05, 0) is 35.8 Å². The molecule has 0 radical (unpaired) electrons. The molecule has 1 aliphatic carbocycles. The molecule has 3 rings (SSSR count). The van der Waals surface area contributed by atoms with E-state index in [1.165, 1.54) is 12.8 Å². The van der Waals surface area contributed by atoms with Crippen molar-refractivity contribution in [1.29, 1.82) is 0 Å². The summed E-state index contributed by atoms with van der Waals surface area (Å²) in [6.45, 7) is 14.6. The summed E-state index contributed by atoms with van der Waals surface area (Å²) in [7, 11) is 0. The van der Waals surface area contributed by atoms with Crippen LogP contribution in [0.4, 0.5) is 10.5 Å². The van der Waals surface area contributed by atoms with Crippen molar-refractivity contribution in [3.63, 3.8) is 0 Å². The number of amides is 2. The largest absolute Gasteiger partial charge is 0.347 e. The maximum atomic E-state index is 13.0. The molecule has 1 aromatic rings. The second-order valence-electron chi connectivity index (χ2n) is 10.5. The number of carbonyl (C=O) groups is 1. The van der Waals surface area contributed by atoms with Gasteiger partial charge in [-0.3, -0.25) is 0 Å². The summed E-state index contributed by atoms with van der Waals surface area (Å²) in [6, 6.07) is 6.08. The molecule has 1 aliphatic heterocycles. The Morgan fingerprint density at radius 2 is 1.57 bits per heavy atom. The van der Waals surface area contributed by atoms with Gasteiger partial charge in [0.15, 0.2) is 5.79 Å². The molecule has 0 aromatic heterocycles. The van der Waals surface area contributed by atoms with Crippen LogP contribution in [-0.4, -0.2) is 31.6 Å². The highest BCUT2D eigenvalue weighted by atomic mass is 16.7. The number of rotatable bonds is 6. The smallest absolute Gasteiger partial charge is 0.319 e. The third kappa shape index (κ3) is 5.17. The van der Waals surface area contributed by atoms with Crippen molar-refractivity contribution in [2.75, 3.05) is 25.1 Å². The Kier molecular flexibility index (Phi) is 7.13. The topological polar surface area (TPSA) is 59.6 Å². The molecule has 1 heterocycles. The molecule has 2 amide bonds. The normalized spacial score (nSPS) is 21.2. The van der Waals surface area contributed by atoms with E-state index < -0.39 is 5.79 Å². The first kappa shape index (κ1) is 23.1. The first-order valence-corrected chi connectivity index (χ1v) is 11.6. The SMILES string of the molecule is CC(C)c1cccc(C(C)C)c1NC(=O)NCC1(C2CCCC2)OCC(C)(C)CO1. The van der Waals surface area contributed by atoms with Crippen molar-refractivity contribution in [3.8, 4) is 0 Å². The molecule has 168 valence electrons. The molecule has 0 bridgehead atoms. The number of nitrogens with one attached hydrogen (secondary N) is 2. The lowest BCUT2D eigenvalue weighted by Crippen LogP contribution is -2.57. The van der Waals surface area contributed by atoms with Gasteiger partial charge in [-0.2, -0.15) is 0 Å². The molecule has 5 heteroatoms. The van der Waals surface area contributed by atoms with Gasteiger partial charge in [0.1, 0.15) is 0 Å². The van der Waals surface area contributed by atoms with Gasteiger partial charge in [-0.15, -0.1) is 0 Å². The molecule has 2 fully saturated rings. The van der Waals surface area contributed by atoms with Crippen molar-refractivity contribution in [3.05, 3.63) is 29.3 Å².